The molecule has 9 nitrogen and oxygen atoms in total. The van der Waals surface area contributed by atoms with Gasteiger partial charge in [-0.05, 0) is 31.9 Å². The van der Waals surface area contributed by atoms with E-state index in [2.05, 4.69) is 15.2 Å². The molecule has 1 aliphatic rings. The molecule has 0 bridgehead atoms. The topological polar surface area (TPSA) is 91.5 Å². The number of rotatable bonds is 6. The summed E-state index contributed by atoms with van der Waals surface area (Å²) < 4.78 is 41.4. The predicted molar refractivity (Wildman–Crippen MR) is 119 cm³/mol. The Labute approximate surface area is 194 Å². The summed E-state index contributed by atoms with van der Waals surface area (Å²) in [5, 5.41) is 8.62. The van der Waals surface area contributed by atoms with Gasteiger partial charge in [-0.25, -0.2) is 9.20 Å². The third kappa shape index (κ3) is 4.59. The molecule has 0 spiro atoms. The fraction of sp³-hybridized carbons (Fsp3) is 0.545. The van der Waals surface area contributed by atoms with Crippen LogP contribution in [0.5, 0.6) is 0 Å². The van der Waals surface area contributed by atoms with Gasteiger partial charge in [0.25, 0.3) is 11.5 Å². The molecular formula is C22H28F3N7O2. The van der Waals surface area contributed by atoms with Gasteiger partial charge in [0.2, 0.25) is 5.95 Å². The molecule has 2 unspecified atom stereocenters. The van der Waals surface area contributed by atoms with Crippen molar-refractivity contribution in [3.05, 3.63) is 46.1 Å². The Morgan fingerprint density at radius 2 is 1.88 bits per heavy atom. The second-order valence-electron chi connectivity index (χ2n) is 8.61. The summed E-state index contributed by atoms with van der Waals surface area (Å²) in [4.78, 5) is 32.0. The summed E-state index contributed by atoms with van der Waals surface area (Å²) in [7, 11) is 0. The van der Waals surface area contributed by atoms with E-state index in [1.54, 1.807) is 30.2 Å². The first-order valence-electron chi connectivity index (χ1n) is 11.4. The quantitative estimate of drug-likeness (QED) is 0.587. The maximum absolute atomic E-state index is 13.4. The van der Waals surface area contributed by atoms with Crippen molar-refractivity contribution in [1.82, 2.24) is 34.2 Å². The van der Waals surface area contributed by atoms with Crippen molar-refractivity contribution in [1.29, 1.82) is 0 Å². The van der Waals surface area contributed by atoms with Gasteiger partial charge in [0.05, 0.1) is 23.9 Å². The number of nitrogens with one attached hydrogen (secondary N) is 1. The minimum absolute atomic E-state index is 0.0690. The van der Waals surface area contributed by atoms with Crippen LogP contribution >= 0.6 is 0 Å². The van der Waals surface area contributed by atoms with Gasteiger partial charge in [-0.15, -0.1) is 5.10 Å². The van der Waals surface area contributed by atoms with Gasteiger partial charge in [-0.3, -0.25) is 19.5 Å². The highest BCUT2D eigenvalue weighted by Crippen LogP contribution is 2.27. The van der Waals surface area contributed by atoms with Gasteiger partial charge in [0.1, 0.15) is 5.52 Å². The van der Waals surface area contributed by atoms with Gasteiger partial charge >= 0.3 is 6.18 Å². The molecule has 184 valence electrons. The predicted octanol–water partition coefficient (Wildman–Crippen LogP) is 2.78. The van der Waals surface area contributed by atoms with E-state index < -0.39 is 12.6 Å². The molecule has 1 fully saturated rings. The van der Waals surface area contributed by atoms with E-state index in [1.165, 1.54) is 15.4 Å². The molecule has 2 atom stereocenters. The van der Waals surface area contributed by atoms with Crippen LogP contribution in [0.3, 0.4) is 0 Å². The van der Waals surface area contributed by atoms with Crippen molar-refractivity contribution in [2.45, 2.75) is 58.3 Å². The maximum atomic E-state index is 13.4. The van der Waals surface area contributed by atoms with E-state index in [1.807, 2.05) is 18.7 Å². The van der Waals surface area contributed by atoms with Gasteiger partial charge in [0.15, 0.2) is 0 Å². The van der Waals surface area contributed by atoms with Crippen LogP contribution in [0.4, 0.5) is 13.2 Å². The van der Waals surface area contributed by atoms with Crippen LogP contribution in [0.15, 0.2) is 29.3 Å². The normalized spacial score (nSPS) is 19.8. The molecular weight excluding hydrogens is 451 g/mol. The Balaban J connectivity index is 1.57. The number of carbonyl (C=O) groups is 1. The molecule has 0 radical (unpaired) electrons. The zero-order chi connectivity index (χ0) is 24.6. The molecule has 0 aromatic carbocycles. The Morgan fingerprint density at radius 1 is 1.21 bits per heavy atom. The number of carbonyl (C=O) groups excluding carboxylic acids is 1. The molecule has 1 amide bonds. The lowest BCUT2D eigenvalue weighted by Gasteiger charge is -2.46. The lowest BCUT2D eigenvalue weighted by molar-refractivity contribution is -0.142. The third-order valence-corrected chi connectivity index (χ3v) is 6.51. The Bertz CT molecular complexity index is 1220. The molecule has 0 saturated carbocycles. The number of piperazine rings is 1. The lowest BCUT2D eigenvalue weighted by Crippen LogP contribution is -2.60. The minimum atomic E-state index is -4.21. The summed E-state index contributed by atoms with van der Waals surface area (Å²) in [6.07, 6.45) is -0.718. The summed E-state index contributed by atoms with van der Waals surface area (Å²) in [5.41, 5.74) is 0.942. The number of hydrogen-bond acceptors (Lipinski definition) is 5. The van der Waals surface area contributed by atoms with Crippen molar-refractivity contribution in [2.75, 3.05) is 19.6 Å². The number of alkyl halides is 3. The SMILES string of the molecule is CCC1CN(C(=O)c2cnn(-c3nn4cccc4c(=O)[nH]3)c2C)CC(CC)N1CCC(F)(F)F. The first-order chi connectivity index (χ1) is 16.1. The standard InChI is InChI=1S/C22H28F3N7O2/c1-4-15-12-29(13-16(5-2)30(15)10-8-22(23,24)25)20(34)17-11-26-32(14(17)3)21-27-19(33)18-7-6-9-31(18)28-21/h6-7,9,11,15-16H,4-5,8,10,12-13H2,1-3H3,(H,27,28,33). The monoisotopic (exact) mass is 479 g/mol. The number of halogens is 3. The van der Waals surface area contributed by atoms with Crippen molar-refractivity contribution in [2.24, 2.45) is 0 Å². The van der Waals surface area contributed by atoms with Crippen LogP contribution in [0.1, 0.15) is 49.2 Å². The molecule has 4 rings (SSSR count). The Kier molecular flexibility index (Phi) is 6.52. The molecule has 12 heteroatoms. The highest BCUT2D eigenvalue weighted by Gasteiger charge is 2.38. The number of nitrogens with zero attached hydrogens (tertiary/aromatic N) is 6. The van der Waals surface area contributed by atoms with Crippen LogP contribution < -0.4 is 5.56 Å². The summed E-state index contributed by atoms with van der Waals surface area (Å²) >= 11 is 0. The number of hydrogen-bond donors (Lipinski definition) is 1. The van der Waals surface area contributed by atoms with E-state index in [0.717, 1.165) is 0 Å². The number of H-pyrrole nitrogens is 1. The first-order valence-corrected chi connectivity index (χ1v) is 11.4. The van der Waals surface area contributed by atoms with E-state index in [-0.39, 0.29) is 36.0 Å². The molecule has 1 saturated heterocycles. The van der Waals surface area contributed by atoms with Crippen LogP contribution in [0.2, 0.25) is 0 Å². The number of amides is 1. The lowest BCUT2D eigenvalue weighted by atomic mass is 10.0. The molecule has 1 aliphatic heterocycles. The highest BCUT2D eigenvalue weighted by atomic mass is 19.4. The second-order valence-corrected chi connectivity index (χ2v) is 8.61. The fourth-order valence-electron chi connectivity index (χ4n) is 4.64. The van der Waals surface area contributed by atoms with E-state index in [0.29, 0.717) is 42.7 Å². The number of aromatic amines is 1. The van der Waals surface area contributed by atoms with Crippen LogP contribution in [-0.2, 0) is 0 Å². The maximum Gasteiger partial charge on any atom is 0.390 e. The van der Waals surface area contributed by atoms with Crippen molar-refractivity contribution >= 4 is 11.4 Å². The summed E-state index contributed by atoms with van der Waals surface area (Å²) in [5.74, 6) is -0.0550. The fourth-order valence-corrected chi connectivity index (χ4v) is 4.64. The molecule has 3 aromatic heterocycles. The average Bonchev–Trinajstić information content (AvgIpc) is 3.42. The number of aromatic nitrogens is 5. The van der Waals surface area contributed by atoms with E-state index in [4.69, 9.17) is 0 Å². The highest BCUT2D eigenvalue weighted by molar-refractivity contribution is 5.95. The van der Waals surface area contributed by atoms with Crippen molar-refractivity contribution in [3.8, 4) is 5.95 Å². The van der Waals surface area contributed by atoms with Gasteiger partial charge in [0, 0.05) is 37.9 Å². The number of fused-ring (bicyclic) bond motifs is 1. The van der Waals surface area contributed by atoms with Crippen LogP contribution in [-0.4, -0.2) is 78.0 Å². The van der Waals surface area contributed by atoms with E-state index in [9.17, 15) is 22.8 Å². The molecule has 0 aliphatic carbocycles. The van der Waals surface area contributed by atoms with Gasteiger partial charge in [-0.2, -0.15) is 18.3 Å². The third-order valence-electron chi connectivity index (χ3n) is 6.51. The zero-order valence-corrected chi connectivity index (χ0v) is 19.3. The van der Waals surface area contributed by atoms with Crippen LogP contribution in [0, 0.1) is 6.92 Å². The van der Waals surface area contributed by atoms with Gasteiger partial charge in [-0.1, -0.05) is 13.8 Å². The smallest absolute Gasteiger partial charge is 0.335 e. The minimum Gasteiger partial charge on any atom is -0.335 e. The average molecular weight is 480 g/mol. The Hall–Kier alpha value is -3.15. The Morgan fingerprint density at radius 3 is 2.50 bits per heavy atom. The summed E-state index contributed by atoms with van der Waals surface area (Å²) in [6, 6.07) is 3.03. The molecule has 4 heterocycles. The molecule has 34 heavy (non-hydrogen) atoms. The van der Waals surface area contributed by atoms with Crippen molar-refractivity contribution < 1.29 is 18.0 Å². The second kappa shape index (κ2) is 9.24. The molecule has 1 N–H and O–H groups in total. The first kappa shape index (κ1) is 24.0. The van der Waals surface area contributed by atoms with Crippen molar-refractivity contribution in [3.63, 3.8) is 0 Å². The summed E-state index contributed by atoms with van der Waals surface area (Å²) in [6.45, 7) is 6.19. The van der Waals surface area contributed by atoms with Gasteiger partial charge < -0.3 is 4.90 Å². The van der Waals surface area contributed by atoms with E-state index >= 15 is 0 Å². The largest absolute Gasteiger partial charge is 0.390 e. The molecule has 3 aromatic rings. The zero-order valence-electron chi connectivity index (χ0n) is 19.3. The van der Waals surface area contributed by atoms with Crippen LogP contribution in [0.25, 0.3) is 11.5 Å².